The van der Waals surface area contributed by atoms with Gasteiger partial charge in [-0.05, 0) is 43.7 Å². The van der Waals surface area contributed by atoms with Crippen LogP contribution in [-0.2, 0) is 22.4 Å². The molecule has 0 amide bonds. The van der Waals surface area contributed by atoms with Crippen LogP contribution >= 0.6 is 0 Å². The second-order valence-corrected chi connectivity index (χ2v) is 6.38. The maximum absolute atomic E-state index is 12.9. The van der Waals surface area contributed by atoms with Crippen LogP contribution in [0.4, 0.5) is 18.9 Å². The van der Waals surface area contributed by atoms with Crippen molar-refractivity contribution in [3.05, 3.63) is 77.1 Å². The second kappa shape index (κ2) is 8.89. The quantitative estimate of drug-likeness (QED) is 0.558. The van der Waals surface area contributed by atoms with E-state index in [0.717, 1.165) is 29.2 Å². The summed E-state index contributed by atoms with van der Waals surface area (Å²) in [6.45, 7) is 3.57. The van der Waals surface area contributed by atoms with Crippen molar-refractivity contribution in [2.24, 2.45) is 10.3 Å². The number of hydrogen-bond acceptors (Lipinski definition) is 6. The van der Waals surface area contributed by atoms with Gasteiger partial charge in [-0.25, -0.2) is 4.90 Å². The summed E-state index contributed by atoms with van der Waals surface area (Å²) in [5, 5.41) is 8.12. The average molecular weight is 418 g/mol. The number of methoxy groups -OCH3 is 1. The van der Waals surface area contributed by atoms with Gasteiger partial charge in [-0.15, -0.1) is 5.10 Å². The van der Waals surface area contributed by atoms with Gasteiger partial charge in [0.2, 0.25) is 0 Å². The molecule has 1 N–H and O–H groups in total. The number of halogens is 3. The number of ether oxygens (including phenoxy) is 1. The molecule has 0 unspecified atom stereocenters. The zero-order valence-corrected chi connectivity index (χ0v) is 16.7. The summed E-state index contributed by atoms with van der Waals surface area (Å²) in [5.41, 5.74) is 4.42. The summed E-state index contributed by atoms with van der Waals surface area (Å²) in [7, 11) is 1.52. The van der Waals surface area contributed by atoms with Crippen LogP contribution in [0.5, 0.6) is 0 Å². The van der Waals surface area contributed by atoms with Crippen LogP contribution in [0.1, 0.15) is 30.5 Å². The van der Waals surface area contributed by atoms with Gasteiger partial charge in [0.25, 0.3) is 0 Å². The molecular formula is C21H21F3N4O2. The van der Waals surface area contributed by atoms with Crippen molar-refractivity contribution >= 4 is 17.4 Å². The third kappa shape index (κ3) is 4.56. The van der Waals surface area contributed by atoms with Gasteiger partial charge in [-0.2, -0.15) is 13.2 Å². The summed E-state index contributed by atoms with van der Waals surface area (Å²) < 4.78 is 44.1. The number of nitrogens with zero attached hydrogens (tertiary/aromatic N) is 3. The Kier molecular flexibility index (Phi) is 6.29. The molecule has 0 saturated carbocycles. The van der Waals surface area contributed by atoms with Crippen LogP contribution < -0.4 is 10.3 Å². The second-order valence-electron chi connectivity index (χ2n) is 6.38. The van der Waals surface area contributed by atoms with Crippen molar-refractivity contribution < 1.29 is 22.7 Å². The molecule has 2 aromatic rings. The maximum atomic E-state index is 12.9. The fourth-order valence-electron chi connectivity index (χ4n) is 2.89. The van der Waals surface area contributed by atoms with E-state index in [0.29, 0.717) is 17.3 Å². The fourth-order valence-corrected chi connectivity index (χ4v) is 2.89. The van der Waals surface area contributed by atoms with Crippen LogP contribution in [0.15, 0.2) is 70.7 Å². The van der Waals surface area contributed by atoms with Crippen molar-refractivity contribution in [2.75, 3.05) is 12.0 Å². The molecule has 0 saturated heterocycles. The zero-order valence-electron chi connectivity index (χ0n) is 16.7. The highest BCUT2D eigenvalue weighted by Gasteiger charge is 2.30. The topological polar surface area (TPSA) is 58.5 Å². The van der Waals surface area contributed by atoms with Crippen molar-refractivity contribution in [1.82, 2.24) is 5.43 Å². The number of hydrogen-bond donors (Lipinski definition) is 1. The Labute approximate surface area is 172 Å². The summed E-state index contributed by atoms with van der Waals surface area (Å²) in [6, 6.07) is 12.8. The molecule has 0 fully saturated rings. The van der Waals surface area contributed by atoms with Crippen molar-refractivity contribution in [3.8, 4) is 0 Å². The SMILES string of the molecule is C/C=C1/NN=C(OC)N1c1ccccc1CO/N=C(\C)c1cccc(C(F)(F)F)c1. The van der Waals surface area contributed by atoms with Gasteiger partial charge in [-0.1, -0.05) is 35.5 Å². The monoisotopic (exact) mass is 418 g/mol. The lowest BCUT2D eigenvalue weighted by molar-refractivity contribution is -0.137. The molecule has 9 heteroatoms. The first kappa shape index (κ1) is 21.2. The predicted octanol–water partition coefficient (Wildman–Crippen LogP) is 4.83. The molecule has 1 aliphatic heterocycles. The van der Waals surface area contributed by atoms with E-state index in [1.165, 1.54) is 13.2 Å². The van der Waals surface area contributed by atoms with Gasteiger partial charge in [0.05, 0.1) is 24.1 Å². The van der Waals surface area contributed by atoms with E-state index in [4.69, 9.17) is 9.57 Å². The maximum Gasteiger partial charge on any atom is 0.416 e. The number of amidine groups is 1. The lowest BCUT2D eigenvalue weighted by Gasteiger charge is -2.22. The number of nitrogens with one attached hydrogen (secondary N) is 1. The fraction of sp³-hybridized carbons (Fsp3) is 0.238. The van der Waals surface area contributed by atoms with E-state index < -0.39 is 11.7 Å². The van der Waals surface area contributed by atoms with E-state index in [1.54, 1.807) is 17.9 Å². The Bertz CT molecular complexity index is 1000. The van der Waals surface area contributed by atoms with Crippen LogP contribution in [0, 0.1) is 0 Å². The standard InChI is InChI=1S/C21H21F3N4O2/c1-4-19-25-26-20(29-3)28(19)18-11-6-5-8-16(18)13-30-27-14(2)15-9-7-10-17(12-15)21(22,23)24/h4-12,25H,13H2,1-3H3/b19-4-,27-14+. The lowest BCUT2D eigenvalue weighted by Crippen LogP contribution is -2.29. The number of benzene rings is 2. The molecule has 1 aliphatic rings. The molecule has 0 atom stereocenters. The molecule has 0 aliphatic carbocycles. The van der Waals surface area contributed by atoms with E-state index in [2.05, 4.69) is 15.7 Å². The third-order valence-corrected chi connectivity index (χ3v) is 4.42. The van der Waals surface area contributed by atoms with Gasteiger partial charge in [0.1, 0.15) is 12.4 Å². The predicted molar refractivity (Wildman–Crippen MR) is 109 cm³/mol. The molecule has 3 rings (SSSR count). The first-order valence-electron chi connectivity index (χ1n) is 9.11. The van der Waals surface area contributed by atoms with Crippen molar-refractivity contribution in [3.63, 3.8) is 0 Å². The highest BCUT2D eigenvalue weighted by Crippen LogP contribution is 2.30. The Balaban J connectivity index is 1.78. The molecular weight excluding hydrogens is 397 g/mol. The first-order valence-corrected chi connectivity index (χ1v) is 9.11. The molecule has 0 aromatic heterocycles. The van der Waals surface area contributed by atoms with Crippen molar-refractivity contribution in [1.29, 1.82) is 0 Å². The van der Waals surface area contributed by atoms with E-state index in [9.17, 15) is 13.2 Å². The Morgan fingerprint density at radius 1 is 1.20 bits per heavy atom. The minimum Gasteiger partial charge on any atom is -0.467 e. The Hall–Kier alpha value is -3.49. The minimum atomic E-state index is -4.41. The zero-order chi connectivity index (χ0) is 21.7. The van der Waals surface area contributed by atoms with E-state index >= 15 is 0 Å². The molecule has 0 bridgehead atoms. The molecule has 0 spiro atoms. The van der Waals surface area contributed by atoms with Crippen LogP contribution in [0.25, 0.3) is 0 Å². The molecule has 0 radical (unpaired) electrons. The highest BCUT2D eigenvalue weighted by molar-refractivity contribution is 5.98. The number of alkyl halides is 3. The third-order valence-electron chi connectivity index (χ3n) is 4.42. The number of hydrazone groups is 1. The lowest BCUT2D eigenvalue weighted by atomic mass is 10.1. The summed E-state index contributed by atoms with van der Waals surface area (Å²) in [6.07, 6.45) is -2.56. The van der Waals surface area contributed by atoms with Gasteiger partial charge < -0.3 is 9.57 Å². The number of para-hydroxylation sites is 1. The molecule has 158 valence electrons. The molecule has 30 heavy (non-hydrogen) atoms. The highest BCUT2D eigenvalue weighted by atomic mass is 19.4. The molecule has 6 nitrogen and oxygen atoms in total. The largest absolute Gasteiger partial charge is 0.467 e. The normalized spacial score (nSPS) is 15.8. The van der Waals surface area contributed by atoms with Gasteiger partial charge in [0.15, 0.2) is 0 Å². The Morgan fingerprint density at radius 3 is 2.67 bits per heavy atom. The van der Waals surface area contributed by atoms with Gasteiger partial charge >= 0.3 is 12.2 Å². The van der Waals surface area contributed by atoms with Crippen LogP contribution in [0.2, 0.25) is 0 Å². The van der Waals surface area contributed by atoms with E-state index in [-0.39, 0.29) is 6.61 Å². The van der Waals surface area contributed by atoms with Crippen LogP contribution in [0.3, 0.4) is 0 Å². The molecule has 2 aromatic carbocycles. The number of oxime groups is 1. The molecule has 1 heterocycles. The number of rotatable bonds is 5. The number of allylic oxidation sites excluding steroid dienone is 1. The number of anilines is 1. The smallest absolute Gasteiger partial charge is 0.416 e. The summed E-state index contributed by atoms with van der Waals surface area (Å²) in [5.74, 6) is 0.725. The summed E-state index contributed by atoms with van der Waals surface area (Å²) >= 11 is 0. The first-order chi connectivity index (χ1) is 14.3. The average Bonchev–Trinajstić information content (AvgIpc) is 3.16. The van der Waals surface area contributed by atoms with Gasteiger partial charge in [-0.3, -0.25) is 5.43 Å². The van der Waals surface area contributed by atoms with Gasteiger partial charge in [0, 0.05) is 5.56 Å². The van der Waals surface area contributed by atoms with E-state index in [1.807, 2.05) is 37.3 Å². The minimum absolute atomic E-state index is 0.108. The van der Waals surface area contributed by atoms with Crippen LogP contribution in [-0.4, -0.2) is 18.8 Å². The summed E-state index contributed by atoms with van der Waals surface area (Å²) in [4.78, 5) is 7.25. The van der Waals surface area contributed by atoms with Crippen molar-refractivity contribution in [2.45, 2.75) is 26.6 Å². The Morgan fingerprint density at radius 2 is 1.97 bits per heavy atom.